The molecule has 4 heteroatoms. The van der Waals surface area contributed by atoms with Gasteiger partial charge in [-0.2, -0.15) is 0 Å². The molecule has 0 fully saturated rings. The standard InChI is InChI=1S/C13H18N2O2/c1-9(2)7-8-14-12-6-5-11(10(3)15-12)13(16)17-4/h5-7H,8H2,1-4H3,(H,14,15). The number of carbonyl (C=O) groups excluding carboxylic acids is 1. The van der Waals surface area contributed by atoms with Gasteiger partial charge in [0.2, 0.25) is 0 Å². The van der Waals surface area contributed by atoms with Crippen LogP contribution in [0.4, 0.5) is 5.82 Å². The summed E-state index contributed by atoms with van der Waals surface area (Å²) in [5.74, 6) is 0.401. The average molecular weight is 234 g/mol. The first-order chi connectivity index (χ1) is 8.04. The van der Waals surface area contributed by atoms with Gasteiger partial charge in [0.1, 0.15) is 5.82 Å². The Bertz CT molecular complexity index is 435. The summed E-state index contributed by atoms with van der Waals surface area (Å²) in [6, 6.07) is 3.50. The highest BCUT2D eigenvalue weighted by molar-refractivity contribution is 5.90. The number of nitrogens with zero attached hydrogens (tertiary/aromatic N) is 1. The Hall–Kier alpha value is -1.84. The number of methoxy groups -OCH3 is 1. The van der Waals surface area contributed by atoms with Crippen molar-refractivity contribution < 1.29 is 9.53 Å². The van der Waals surface area contributed by atoms with E-state index in [0.717, 1.165) is 12.4 Å². The molecule has 0 aliphatic heterocycles. The molecule has 0 aliphatic rings. The van der Waals surface area contributed by atoms with Crippen molar-refractivity contribution in [1.29, 1.82) is 0 Å². The maximum Gasteiger partial charge on any atom is 0.339 e. The van der Waals surface area contributed by atoms with Crippen LogP contribution in [0.25, 0.3) is 0 Å². The van der Waals surface area contributed by atoms with Crippen LogP contribution in [0.1, 0.15) is 29.9 Å². The first-order valence-corrected chi connectivity index (χ1v) is 5.47. The van der Waals surface area contributed by atoms with Crippen molar-refractivity contribution in [3.8, 4) is 0 Å². The number of aromatic nitrogens is 1. The Morgan fingerprint density at radius 1 is 1.47 bits per heavy atom. The first-order valence-electron chi connectivity index (χ1n) is 5.47. The summed E-state index contributed by atoms with van der Waals surface area (Å²) < 4.78 is 4.66. The summed E-state index contributed by atoms with van der Waals surface area (Å²) in [6.07, 6.45) is 2.07. The van der Waals surface area contributed by atoms with Crippen LogP contribution >= 0.6 is 0 Å². The molecule has 0 bridgehead atoms. The smallest absolute Gasteiger partial charge is 0.339 e. The Labute approximate surface area is 102 Å². The van der Waals surface area contributed by atoms with Crippen molar-refractivity contribution in [2.24, 2.45) is 0 Å². The monoisotopic (exact) mass is 234 g/mol. The molecule has 0 spiro atoms. The molecule has 0 aliphatic carbocycles. The molecule has 1 rings (SSSR count). The van der Waals surface area contributed by atoms with E-state index in [1.807, 2.05) is 13.8 Å². The van der Waals surface area contributed by atoms with Gasteiger partial charge < -0.3 is 10.1 Å². The van der Waals surface area contributed by atoms with Crippen LogP contribution in [0.3, 0.4) is 0 Å². The molecule has 17 heavy (non-hydrogen) atoms. The number of nitrogens with one attached hydrogen (secondary N) is 1. The molecule has 1 aromatic rings. The molecule has 1 aromatic heterocycles. The maximum absolute atomic E-state index is 11.4. The lowest BCUT2D eigenvalue weighted by Gasteiger charge is -2.07. The van der Waals surface area contributed by atoms with E-state index in [-0.39, 0.29) is 5.97 Å². The highest BCUT2D eigenvalue weighted by Crippen LogP contribution is 2.11. The summed E-state index contributed by atoms with van der Waals surface area (Å²) in [5, 5.41) is 3.16. The number of aryl methyl sites for hydroxylation is 1. The predicted molar refractivity (Wildman–Crippen MR) is 68.2 cm³/mol. The van der Waals surface area contributed by atoms with Crippen LogP contribution < -0.4 is 5.32 Å². The lowest BCUT2D eigenvalue weighted by molar-refractivity contribution is 0.0599. The Morgan fingerprint density at radius 3 is 2.71 bits per heavy atom. The lowest BCUT2D eigenvalue weighted by atomic mass is 10.2. The third-order valence-corrected chi connectivity index (χ3v) is 2.28. The van der Waals surface area contributed by atoms with Gasteiger partial charge in [0.15, 0.2) is 0 Å². The van der Waals surface area contributed by atoms with Gasteiger partial charge in [-0.1, -0.05) is 11.6 Å². The van der Waals surface area contributed by atoms with E-state index >= 15 is 0 Å². The largest absolute Gasteiger partial charge is 0.465 e. The average Bonchev–Trinajstić information content (AvgIpc) is 2.28. The van der Waals surface area contributed by atoms with E-state index in [2.05, 4.69) is 21.1 Å². The van der Waals surface area contributed by atoms with Crippen LogP contribution in [0, 0.1) is 6.92 Å². The van der Waals surface area contributed by atoms with Crippen molar-refractivity contribution >= 4 is 11.8 Å². The third-order valence-electron chi connectivity index (χ3n) is 2.28. The second kappa shape index (κ2) is 6.03. The van der Waals surface area contributed by atoms with Crippen molar-refractivity contribution in [2.75, 3.05) is 19.0 Å². The van der Waals surface area contributed by atoms with Crippen LogP contribution in [0.5, 0.6) is 0 Å². The Morgan fingerprint density at radius 2 is 2.18 bits per heavy atom. The Kier molecular flexibility index (Phi) is 4.69. The minimum absolute atomic E-state index is 0.356. The van der Waals surface area contributed by atoms with E-state index < -0.39 is 0 Å². The SMILES string of the molecule is COC(=O)c1ccc(NCC=C(C)C)nc1C. The molecule has 0 radical (unpaired) electrons. The zero-order chi connectivity index (χ0) is 12.8. The lowest BCUT2D eigenvalue weighted by Crippen LogP contribution is -2.08. The minimum Gasteiger partial charge on any atom is -0.465 e. The van der Waals surface area contributed by atoms with Gasteiger partial charge in [-0.15, -0.1) is 0 Å². The zero-order valence-corrected chi connectivity index (χ0v) is 10.7. The van der Waals surface area contributed by atoms with Gasteiger partial charge in [0.05, 0.1) is 18.4 Å². The van der Waals surface area contributed by atoms with Gasteiger partial charge in [0, 0.05) is 6.54 Å². The number of allylic oxidation sites excluding steroid dienone is 1. The number of carbonyl (C=O) groups is 1. The molecule has 0 saturated carbocycles. The second-order valence-electron chi connectivity index (χ2n) is 3.98. The van der Waals surface area contributed by atoms with Gasteiger partial charge in [-0.3, -0.25) is 0 Å². The summed E-state index contributed by atoms with van der Waals surface area (Å²) in [5.41, 5.74) is 2.42. The molecule has 4 nitrogen and oxygen atoms in total. The number of pyridine rings is 1. The van der Waals surface area contributed by atoms with Gasteiger partial charge in [0.25, 0.3) is 0 Å². The first kappa shape index (κ1) is 13.2. The van der Waals surface area contributed by atoms with Crippen LogP contribution in [-0.4, -0.2) is 24.6 Å². The van der Waals surface area contributed by atoms with Crippen molar-refractivity contribution in [3.05, 3.63) is 35.0 Å². The quantitative estimate of drug-likeness (QED) is 0.642. The van der Waals surface area contributed by atoms with E-state index in [1.165, 1.54) is 12.7 Å². The fourth-order valence-electron chi connectivity index (χ4n) is 1.34. The Balaban J connectivity index is 2.75. The van der Waals surface area contributed by atoms with E-state index in [1.54, 1.807) is 19.1 Å². The summed E-state index contributed by atoms with van der Waals surface area (Å²) >= 11 is 0. The highest BCUT2D eigenvalue weighted by atomic mass is 16.5. The van der Waals surface area contributed by atoms with Gasteiger partial charge in [-0.25, -0.2) is 9.78 Å². The van der Waals surface area contributed by atoms with Crippen molar-refractivity contribution in [2.45, 2.75) is 20.8 Å². The predicted octanol–water partition coefficient (Wildman–Crippen LogP) is 2.55. The molecular weight excluding hydrogens is 216 g/mol. The van der Waals surface area contributed by atoms with Crippen LogP contribution in [0.2, 0.25) is 0 Å². The molecule has 0 saturated heterocycles. The fraction of sp³-hybridized carbons (Fsp3) is 0.385. The highest BCUT2D eigenvalue weighted by Gasteiger charge is 2.09. The van der Waals surface area contributed by atoms with E-state index in [9.17, 15) is 4.79 Å². The molecule has 1 heterocycles. The molecule has 0 amide bonds. The normalized spacial score (nSPS) is 9.65. The maximum atomic E-state index is 11.4. The third kappa shape index (κ3) is 3.90. The van der Waals surface area contributed by atoms with Gasteiger partial charge in [-0.05, 0) is 32.9 Å². The van der Waals surface area contributed by atoms with Gasteiger partial charge >= 0.3 is 5.97 Å². The molecule has 0 atom stereocenters. The number of esters is 1. The topological polar surface area (TPSA) is 51.2 Å². The molecule has 92 valence electrons. The zero-order valence-electron chi connectivity index (χ0n) is 10.7. The number of rotatable bonds is 4. The van der Waals surface area contributed by atoms with Crippen LogP contribution in [0.15, 0.2) is 23.8 Å². The molecule has 0 aromatic carbocycles. The molecule has 0 unspecified atom stereocenters. The van der Waals surface area contributed by atoms with Crippen LogP contribution in [-0.2, 0) is 4.74 Å². The minimum atomic E-state index is -0.356. The second-order valence-corrected chi connectivity index (χ2v) is 3.98. The number of ether oxygens (including phenoxy) is 1. The number of hydrogen-bond acceptors (Lipinski definition) is 4. The van der Waals surface area contributed by atoms with Crippen molar-refractivity contribution in [3.63, 3.8) is 0 Å². The van der Waals surface area contributed by atoms with Crippen molar-refractivity contribution in [1.82, 2.24) is 4.98 Å². The summed E-state index contributed by atoms with van der Waals surface area (Å²) in [4.78, 5) is 15.7. The molecule has 1 N–H and O–H groups in total. The molecular formula is C13H18N2O2. The summed E-state index contributed by atoms with van der Waals surface area (Å²) in [6.45, 7) is 6.60. The number of anilines is 1. The summed E-state index contributed by atoms with van der Waals surface area (Å²) in [7, 11) is 1.36. The fourth-order valence-corrected chi connectivity index (χ4v) is 1.34. The van der Waals surface area contributed by atoms with E-state index in [0.29, 0.717) is 11.3 Å². The van der Waals surface area contributed by atoms with E-state index in [4.69, 9.17) is 0 Å². The number of hydrogen-bond donors (Lipinski definition) is 1.